The van der Waals surface area contributed by atoms with Crippen molar-refractivity contribution in [2.24, 2.45) is 5.92 Å². The molecule has 2 fully saturated rings. The summed E-state index contributed by atoms with van der Waals surface area (Å²) in [4.78, 5) is 12.4. The van der Waals surface area contributed by atoms with Crippen LogP contribution in [0.3, 0.4) is 0 Å². The maximum absolute atomic E-state index is 12.6. The molecule has 1 aromatic carbocycles. The number of thioether (sulfide) groups is 1. The molecule has 1 saturated heterocycles. The van der Waals surface area contributed by atoms with Crippen LogP contribution in [0.5, 0.6) is 0 Å². The summed E-state index contributed by atoms with van der Waals surface area (Å²) < 4.78 is 26.8. The standard InChI is InChI=1S/C21H32N2O3S2/c24-21(22-13-16-27-20-9-5-2-6-10-20)19-11-14-23(15-12-19)28(25,26)17-18-7-3-1-4-8-18/h1,3-4,7-8,19-20H,2,5-6,9-17H2,(H,22,24). The summed E-state index contributed by atoms with van der Waals surface area (Å²) in [5, 5.41) is 3.82. The second-order valence-corrected chi connectivity index (χ2v) is 11.2. The van der Waals surface area contributed by atoms with Crippen LogP contribution in [-0.4, -0.2) is 49.3 Å². The monoisotopic (exact) mass is 424 g/mol. The van der Waals surface area contributed by atoms with Gasteiger partial charge in [-0.05, 0) is 31.2 Å². The van der Waals surface area contributed by atoms with Crippen LogP contribution >= 0.6 is 11.8 Å². The Hall–Kier alpha value is -1.05. The van der Waals surface area contributed by atoms with E-state index in [1.807, 2.05) is 42.1 Å². The molecule has 28 heavy (non-hydrogen) atoms. The average molecular weight is 425 g/mol. The maximum Gasteiger partial charge on any atom is 0.223 e. The number of benzene rings is 1. The van der Waals surface area contributed by atoms with Gasteiger partial charge >= 0.3 is 0 Å². The summed E-state index contributed by atoms with van der Waals surface area (Å²) in [5.74, 6) is 1.02. The zero-order chi connectivity index (χ0) is 19.8. The van der Waals surface area contributed by atoms with Crippen molar-refractivity contribution in [3.8, 4) is 0 Å². The van der Waals surface area contributed by atoms with Crippen LogP contribution in [0.25, 0.3) is 0 Å². The quantitative estimate of drug-likeness (QED) is 0.650. The summed E-state index contributed by atoms with van der Waals surface area (Å²) in [7, 11) is -3.32. The first-order valence-electron chi connectivity index (χ1n) is 10.5. The molecule has 1 amide bonds. The SMILES string of the molecule is O=C(NCCSC1CCCCC1)C1CCN(S(=O)(=O)Cc2ccccc2)CC1. The van der Waals surface area contributed by atoms with E-state index in [1.165, 1.54) is 32.1 Å². The molecule has 1 aliphatic carbocycles. The molecule has 2 aliphatic rings. The summed E-state index contributed by atoms with van der Waals surface area (Å²) in [6.07, 6.45) is 7.90. The number of amides is 1. The number of nitrogens with zero attached hydrogens (tertiary/aromatic N) is 1. The molecule has 3 rings (SSSR count). The van der Waals surface area contributed by atoms with Gasteiger partial charge in [-0.25, -0.2) is 12.7 Å². The minimum Gasteiger partial charge on any atom is -0.355 e. The fourth-order valence-electron chi connectivity index (χ4n) is 4.05. The Morgan fingerprint density at radius 3 is 2.39 bits per heavy atom. The van der Waals surface area contributed by atoms with E-state index in [0.717, 1.165) is 16.6 Å². The number of carbonyl (C=O) groups is 1. The first kappa shape index (κ1) is 21.7. The maximum atomic E-state index is 12.6. The number of carbonyl (C=O) groups excluding carboxylic acids is 1. The van der Waals surface area contributed by atoms with Crippen molar-refractivity contribution in [1.29, 1.82) is 0 Å². The largest absolute Gasteiger partial charge is 0.355 e. The second-order valence-electron chi connectivity index (χ2n) is 7.84. The molecule has 0 atom stereocenters. The van der Waals surface area contributed by atoms with Crippen LogP contribution in [0.1, 0.15) is 50.5 Å². The Kier molecular flexibility index (Phi) is 8.23. The van der Waals surface area contributed by atoms with Gasteiger partial charge in [0.1, 0.15) is 0 Å². The molecule has 0 bridgehead atoms. The lowest BCUT2D eigenvalue weighted by molar-refractivity contribution is -0.125. The minimum atomic E-state index is -3.32. The summed E-state index contributed by atoms with van der Waals surface area (Å²) in [6, 6.07) is 9.27. The van der Waals surface area contributed by atoms with Crippen LogP contribution in [0.2, 0.25) is 0 Å². The zero-order valence-electron chi connectivity index (χ0n) is 16.5. The number of hydrogen-bond donors (Lipinski definition) is 1. The first-order chi connectivity index (χ1) is 13.5. The number of hydrogen-bond acceptors (Lipinski definition) is 4. The van der Waals surface area contributed by atoms with Crippen LogP contribution in [0, 0.1) is 5.92 Å². The highest BCUT2D eigenvalue weighted by molar-refractivity contribution is 7.99. The van der Waals surface area contributed by atoms with E-state index in [1.54, 1.807) is 4.31 Å². The van der Waals surface area contributed by atoms with Crippen molar-refractivity contribution >= 4 is 27.7 Å². The van der Waals surface area contributed by atoms with Gasteiger partial charge in [-0.1, -0.05) is 49.6 Å². The number of nitrogens with one attached hydrogen (secondary N) is 1. The first-order valence-corrected chi connectivity index (χ1v) is 13.1. The number of sulfonamides is 1. The Bertz CT molecular complexity index is 710. The van der Waals surface area contributed by atoms with E-state index >= 15 is 0 Å². The molecular weight excluding hydrogens is 392 g/mol. The molecule has 7 heteroatoms. The van der Waals surface area contributed by atoms with Crippen molar-refractivity contribution in [2.75, 3.05) is 25.4 Å². The molecule has 1 aliphatic heterocycles. The Morgan fingerprint density at radius 1 is 1.04 bits per heavy atom. The Balaban J connectivity index is 1.36. The molecule has 0 unspecified atom stereocenters. The highest BCUT2D eigenvalue weighted by atomic mass is 32.2. The molecule has 5 nitrogen and oxygen atoms in total. The molecule has 1 heterocycles. The van der Waals surface area contributed by atoms with Crippen LogP contribution in [-0.2, 0) is 20.6 Å². The third-order valence-electron chi connectivity index (χ3n) is 5.72. The van der Waals surface area contributed by atoms with Gasteiger partial charge in [-0.2, -0.15) is 11.8 Å². The lowest BCUT2D eigenvalue weighted by Crippen LogP contribution is -2.43. The van der Waals surface area contributed by atoms with E-state index in [0.29, 0.717) is 32.5 Å². The smallest absolute Gasteiger partial charge is 0.223 e. The van der Waals surface area contributed by atoms with E-state index in [-0.39, 0.29) is 17.6 Å². The fourth-order valence-corrected chi connectivity index (χ4v) is 6.83. The fraction of sp³-hybridized carbons (Fsp3) is 0.667. The van der Waals surface area contributed by atoms with Crippen molar-refractivity contribution in [3.05, 3.63) is 35.9 Å². The number of piperidine rings is 1. The van der Waals surface area contributed by atoms with Gasteiger partial charge in [0.2, 0.25) is 15.9 Å². The molecule has 1 saturated carbocycles. The normalized spacial score (nSPS) is 20.1. The van der Waals surface area contributed by atoms with Gasteiger partial charge < -0.3 is 5.32 Å². The molecule has 0 aromatic heterocycles. The van der Waals surface area contributed by atoms with Gasteiger partial charge in [0.25, 0.3) is 0 Å². The van der Waals surface area contributed by atoms with Gasteiger partial charge in [0.15, 0.2) is 0 Å². The molecule has 1 aromatic rings. The van der Waals surface area contributed by atoms with E-state index in [2.05, 4.69) is 5.32 Å². The van der Waals surface area contributed by atoms with Crippen molar-refractivity contribution in [2.45, 2.75) is 55.9 Å². The summed E-state index contributed by atoms with van der Waals surface area (Å²) in [5.41, 5.74) is 0.804. The van der Waals surface area contributed by atoms with Crippen molar-refractivity contribution in [1.82, 2.24) is 9.62 Å². The molecular formula is C21H32N2O3S2. The Labute approximate surface area is 173 Å². The lowest BCUT2D eigenvalue weighted by Gasteiger charge is -2.30. The minimum absolute atomic E-state index is 0.0308. The van der Waals surface area contributed by atoms with Gasteiger partial charge in [-0.3, -0.25) is 4.79 Å². The third-order valence-corrected chi connectivity index (χ3v) is 8.95. The van der Waals surface area contributed by atoms with Crippen LogP contribution < -0.4 is 5.32 Å². The summed E-state index contributed by atoms with van der Waals surface area (Å²) >= 11 is 1.99. The third kappa shape index (κ3) is 6.49. The highest BCUT2D eigenvalue weighted by Gasteiger charge is 2.31. The van der Waals surface area contributed by atoms with Crippen molar-refractivity contribution in [3.63, 3.8) is 0 Å². The predicted molar refractivity (Wildman–Crippen MR) is 116 cm³/mol. The highest BCUT2D eigenvalue weighted by Crippen LogP contribution is 2.28. The second kappa shape index (κ2) is 10.6. The van der Waals surface area contributed by atoms with Crippen molar-refractivity contribution < 1.29 is 13.2 Å². The zero-order valence-corrected chi connectivity index (χ0v) is 18.1. The van der Waals surface area contributed by atoms with Crippen LogP contribution in [0.4, 0.5) is 0 Å². The number of rotatable bonds is 8. The van der Waals surface area contributed by atoms with Gasteiger partial charge in [0, 0.05) is 36.6 Å². The topological polar surface area (TPSA) is 66.5 Å². The van der Waals surface area contributed by atoms with E-state index in [4.69, 9.17) is 0 Å². The average Bonchev–Trinajstić information content (AvgIpc) is 2.72. The van der Waals surface area contributed by atoms with Crippen LogP contribution in [0.15, 0.2) is 30.3 Å². The van der Waals surface area contributed by atoms with E-state index < -0.39 is 10.0 Å². The van der Waals surface area contributed by atoms with Gasteiger partial charge in [0.05, 0.1) is 5.75 Å². The molecule has 1 N–H and O–H groups in total. The molecule has 0 radical (unpaired) electrons. The Morgan fingerprint density at radius 2 is 1.71 bits per heavy atom. The molecule has 156 valence electrons. The summed E-state index contributed by atoms with van der Waals surface area (Å²) in [6.45, 7) is 1.58. The van der Waals surface area contributed by atoms with E-state index in [9.17, 15) is 13.2 Å². The molecule has 0 spiro atoms. The lowest BCUT2D eigenvalue weighted by atomic mass is 9.97. The van der Waals surface area contributed by atoms with Gasteiger partial charge in [-0.15, -0.1) is 0 Å². The predicted octanol–water partition coefficient (Wildman–Crippen LogP) is 3.41.